The second-order valence-electron chi connectivity index (χ2n) is 3.85. The van der Waals surface area contributed by atoms with Crippen LogP contribution >= 0.6 is 0 Å². The van der Waals surface area contributed by atoms with Gasteiger partial charge in [-0.25, -0.2) is 13.4 Å². The van der Waals surface area contributed by atoms with Crippen LogP contribution < -0.4 is 4.74 Å². The van der Waals surface area contributed by atoms with E-state index in [1.807, 2.05) is 6.07 Å². The molecule has 0 radical (unpaired) electrons. The molecule has 5 nitrogen and oxygen atoms in total. The number of hydrogen-bond donors (Lipinski definition) is 0. The highest BCUT2D eigenvalue weighted by molar-refractivity contribution is 7.90. The smallest absolute Gasteiger partial charge is 0.219 e. The second kappa shape index (κ2) is 5.08. The summed E-state index contributed by atoms with van der Waals surface area (Å²) < 4.78 is 28.3. The van der Waals surface area contributed by atoms with E-state index in [1.54, 1.807) is 24.3 Å². The first-order valence-electron chi connectivity index (χ1n) is 5.33. The van der Waals surface area contributed by atoms with E-state index >= 15 is 0 Å². The maximum absolute atomic E-state index is 11.4. The lowest BCUT2D eigenvalue weighted by molar-refractivity contribution is 0.461. The molecule has 0 N–H and O–H groups in total. The molecule has 6 heteroatoms. The minimum atomic E-state index is -3.27. The lowest BCUT2D eigenvalue weighted by Crippen LogP contribution is -1.97. The minimum absolute atomic E-state index is 0.179. The molecule has 0 unspecified atom stereocenters. The molecule has 1 aromatic carbocycles. The van der Waals surface area contributed by atoms with Gasteiger partial charge < -0.3 is 4.74 Å². The van der Waals surface area contributed by atoms with Crippen molar-refractivity contribution in [3.63, 3.8) is 0 Å². The Labute approximate surface area is 111 Å². The third-order valence-electron chi connectivity index (χ3n) is 2.32. The summed E-state index contributed by atoms with van der Waals surface area (Å²) in [4.78, 5) is 4.12. The molecule has 0 amide bonds. The molecule has 0 aliphatic carbocycles. The summed E-state index contributed by atoms with van der Waals surface area (Å²) in [6, 6.07) is 11.2. The maximum Gasteiger partial charge on any atom is 0.219 e. The number of nitrogens with zero attached hydrogens (tertiary/aromatic N) is 2. The van der Waals surface area contributed by atoms with E-state index in [1.165, 1.54) is 18.3 Å². The van der Waals surface area contributed by atoms with Gasteiger partial charge in [-0.2, -0.15) is 5.26 Å². The number of aromatic nitrogens is 1. The zero-order valence-electron chi connectivity index (χ0n) is 10.1. The first-order chi connectivity index (χ1) is 8.99. The molecule has 0 fully saturated rings. The van der Waals surface area contributed by atoms with Crippen molar-refractivity contribution >= 4 is 9.84 Å². The van der Waals surface area contributed by atoms with Gasteiger partial charge >= 0.3 is 0 Å². The van der Waals surface area contributed by atoms with Crippen LogP contribution in [0, 0.1) is 11.3 Å². The highest BCUT2D eigenvalue weighted by Crippen LogP contribution is 2.22. The fourth-order valence-corrected chi connectivity index (χ4v) is 2.05. The first kappa shape index (κ1) is 13.1. The number of benzene rings is 1. The van der Waals surface area contributed by atoms with Gasteiger partial charge in [-0.05, 0) is 24.3 Å². The van der Waals surface area contributed by atoms with Gasteiger partial charge in [-0.15, -0.1) is 0 Å². The molecule has 19 heavy (non-hydrogen) atoms. The van der Waals surface area contributed by atoms with Gasteiger partial charge in [0, 0.05) is 18.5 Å². The number of ether oxygens (including phenoxy) is 1. The minimum Gasteiger partial charge on any atom is -0.439 e. The molecule has 0 aliphatic heterocycles. The third-order valence-corrected chi connectivity index (χ3v) is 3.43. The van der Waals surface area contributed by atoms with Crippen LogP contribution in [0.5, 0.6) is 11.6 Å². The second-order valence-corrected chi connectivity index (χ2v) is 5.86. The summed E-state index contributed by atoms with van der Waals surface area (Å²) in [6.07, 6.45) is 2.52. The Morgan fingerprint density at radius 3 is 2.63 bits per heavy atom. The molecule has 2 aromatic rings. The number of sulfone groups is 1. The Balaban J connectivity index is 2.26. The predicted octanol–water partition coefficient (Wildman–Crippen LogP) is 2.15. The summed E-state index contributed by atoms with van der Waals surface area (Å²) in [7, 11) is -3.27. The summed E-state index contributed by atoms with van der Waals surface area (Å²) >= 11 is 0. The van der Waals surface area contributed by atoms with Crippen molar-refractivity contribution in [1.82, 2.24) is 4.98 Å². The molecule has 0 saturated carbocycles. The summed E-state index contributed by atoms with van der Waals surface area (Å²) in [5, 5.41) is 8.65. The lowest BCUT2D eigenvalue weighted by atomic mass is 10.3. The molecule has 0 saturated heterocycles. The molecule has 0 bridgehead atoms. The molecule has 0 spiro atoms. The zero-order valence-corrected chi connectivity index (χ0v) is 10.9. The normalized spacial score (nSPS) is 10.7. The van der Waals surface area contributed by atoms with Crippen LogP contribution in [0.4, 0.5) is 0 Å². The standard InChI is InChI=1S/C13H10N2O3S/c1-19(16,17)12-4-2-3-11(7-12)18-13-6-5-10(8-14)9-15-13/h2-7,9H,1H3. The van der Waals surface area contributed by atoms with Crippen molar-refractivity contribution in [1.29, 1.82) is 5.26 Å². The van der Waals surface area contributed by atoms with Crippen molar-refractivity contribution in [2.24, 2.45) is 0 Å². The van der Waals surface area contributed by atoms with E-state index in [9.17, 15) is 8.42 Å². The van der Waals surface area contributed by atoms with Crippen LogP contribution in [-0.4, -0.2) is 19.7 Å². The Morgan fingerprint density at radius 2 is 2.05 bits per heavy atom. The van der Waals surface area contributed by atoms with Crippen molar-refractivity contribution in [3.05, 3.63) is 48.2 Å². The number of rotatable bonds is 3. The van der Waals surface area contributed by atoms with Crippen molar-refractivity contribution in [2.45, 2.75) is 4.90 Å². The van der Waals surface area contributed by atoms with E-state index in [2.05, 4.69) is 4.98 Å². The highest BCUT2D eigenvalue weighted by Gasteiger charge is 2.08. The van der Waals surface area contributed by atoms with Gasteiger partial charge in [-0.3, -0.25) is 0 Å². The predicted molar refractivity (Wildman–Crippen MR) is 68.6 cm³/mol. The Hall–Kier alpha value is -2.39. The molecular weight excluding hydrogens is 264 g/mol. The quantitative estimate of drug-likeness (QED) is 0.856. The fourth-order valence-electron chi connectivity index (χ4n) is 1.40. The van der Waals surface area contributed by atoms with E-state index in [4.69, 9.17) is 10.00 Å². The average Bonchev–Trinajstić information content (AvgIpc) is 2.39. The van der Waals surface area contributed by atoms with Crippen LogP contribution in [0.1, 0.15) is 5.56 Å². The number of nitriles is 1. The van der Waals surface area contributed by atoms with E-state index < -0.39 is 9.84 Å². The van der Waals surface area contributed by atoms with Crippen molar-refractivity contribution in [3.8, 4) is 17.7 Å². The van der Waals surface area contributed by atoms with Crippen molar-refractivity contribution in [2.75, 3.05) is 6.26 Å². The molecule has 0 aliphatic rings. The van der Waals surface area contributed by atoms with Crippen LogP contribution in [-0.2, 0) is 9.84 Å². The van der Waals surface area contributed by atoms with Gasteiger partial charge in [0.1, 0.15) is 11.8 Å². The Kier molecular flexibility index (Phi) is 3.49. The topological polar surface area (TPSA) is 80.0 Å². The van der Waals surface area contributed by atoms with Crippen molar-refractivity contribution < 1.29 is 13.2 Å². The van der Waals surface area contributed by atoms with Gasteiger partial charge in [0.15, 0.2) is 9.84 Å². The fraction of sp³-hybridized carbons (Fsp3) is 0.0769. The molecule has 1 heterocycles. The van der Waals surface area contributed by atoms with Gasteiger partial charge in [0.25, 0.3) is 0 Å². The molecule has 96 valence electrons. The molecule has 2 rings (SSSR count). The third kappa shape index (κ3) is 3.30. The van der Waals surface area contributed by atoms with E-state index in [-0.39, 0.29) is 4.90 Å². The molecule has 1 aromatic heterocycles. The van der Waals surface area contributed by atoms with Gasteiger partial charge in [0.2, 0.25) is 5.88 Å². The average molecular weight is 274 g/mol. The number of hydrogen-bond acceptors (Lipinski definition) is 5. The maximum atomic E-state index is 11.4. The van der Waals surface area contributed by atoms with Gasteiger partial charge in [0.05, 0.1) is 10.5 Å². The number of pyridine rings is 1. The largest absolute Gasteiger partial charge is 0.439 e. The van der Waals surface area contributed by atoms with Gasteiger partial charge in [-0.1, -0.05) is 6.07 Å². The SMILES string of the molecule is CS(=O)(=O)c1cccc(Oc2ccc(C#N)cn2)c1. The molecular formula is C13H10N2O3S. The Morgan fingerprint density at radius 1 is 1.26 bits per heavy atom. The Bertz CT molecular complexity index is 731. The van der Waals surface area contributed by atoms with E-state index in [0.717, 1.165) is 6.26 Å². The molecule has 0 atom stereocenters. The first-order valence-corrected chi connectivity index (χ1v) is 7.22. The van der Waals surface area contributed by atoms with Crippen LogP contribution in [0.25, 0.3) is 0 Å². The van der Waals surface area contributed by atoms with E-state index in [0.29, 0.717) is 17.2 Å². The summed E-state index contributed by atoms with van der Waals surface area (Å²) in [5.41, 5.74) is 0.428. The van der Waals surface area contributed by atoms with Crippen LogP contribution in [0.15, 0.2) is 47.5 Å². The lowest BCUT2D eigenvalue weighted by Gasteiger charge is -2.05. The summed E-state index contributed by atoms with van der Waals surface area (Å²) in [5.74, 6) is 0.671. The van der Waals surface area contributed by atoms with Crippen LogP contribution in [0.2, 0.25) is 0 Å². The highest BCUT2D eigenvalue weighted by atomic mass is 32.2. The summed E-state index contributed by atoms with van der Waals surface area (Å²) in [6.45, 7) is 0. The zero-order chi connectivity index (χ0) is 13.9. The van der Waals surface area contributed by atoms with Crippen LogP contribution in [0.3, 0.4) is 0 Å². The monoisotopic (exact) mass is 274 g/mol.